The fourth-order valence-corrected chi connectivity index (χ4v) is 1.76. The van der Waals surface area contributed by atoms with Crippen LogP contribution >= 0.6 is 0 Å². The van der Waals surface area contributed by atoms with Crippen LogP contribution in [-0.2, 0) is 4.74 Å². The predicted molar refractivity (Wildman–Crippen MR) is 60.2 cm³/mol. The van der Waals surface area contributed by atoms with Gasteiger partial charge < -0.3 is 16.2 Å². The molecule has 1 atom stereocenters. The maximum absolute atomic E-state index is 6.15. The van der Waals surface area contributed by atoms with Gasteiger partial charge in [0, 0.05) is 18.8 Å². The molecule has 0 radical (unpaired) electrons. The highest BCUT2D eigenvalue weighted by molar-refractivity contribution is 5.39. The molecule has 1 fully saturated rings. The third kappa shape index (κ3) is 2.47. The first-order valence-electron chi connectivity index (χ1n) is 5.20. The van der Waals surface area contributed by atoms with Gasteiger partial charge in [0.15, 0.2) is 0 Å². The predicted octanol–water partition coefficient (Wildman–Crippen LogP) is 0.558. The van der Waals surface area contributed by atoms with E-state index in [2.05, 4.69) is 4.90 Å². The van der Waals surface area contributed by atoms with Crippen molar-refractivity contribution in [3.8, 4) is 0 Å². The number of hydrogen-bond acceptors (Lipinski definition) is 4. The summed E-state index contributed by atoms with van der Waals surface area (Å²) in [6.07, 6.45) is -0.0468. The molecule has 0 aliphatic carbocycles. The van der Waals surface area contributed by atoms with Crippen LogP contribution in [0.3, 0.4) is 0 Å². The molecule has 1 heterocycles. The lowest BCUT2D eigenvalue weighted by molar-refractivity contribution is 0.0173. The van der Waals surface area contributed by atoms with Crippen LogP contribution in [0.5, 0.6) is 0 Å². The Morgan fingerprint density at radius 2 is 1.73 bits per heavy atom. The number of nitrogen functional groups attached to an aromatic ring is 1. The van der Waals surface area contributed by atoms with Gasteiger partial charge >= 0.3 is 0 Å². The van der Waals surface area contributed by atoms with Crippen molar-refractivity contribution in [1.29, 1.82) is 0 Å². The number of benzene rings is 1. The lowest BCUT2D eigenvalue weighted by Gasteiger charge is -2.32. The van der Waals surface area contributed by atoms with Crippen molar-refractivity contribution >= 4 is 5.69 Å². The van der Waals surface area contributed by atoms with Crippen LogP contribution in [0.1, 0.15) is 11.7 Å². The Hall–Kier alpha value is -1.10. The topological polar surface area (TPSA) is 64.5 Å². The van der Waals surface area contributed by atoms with E-state index < -0.39 is 0 Å². The van der Waals surface area contributed by atoms with Crippen LogP contribution < -0.4 is 11.5 Å². The number of nitrogens with zero attached hydrogens (tertiary/aromatic N) is 1. The second kappa shape index (κ2) is 4.61. The van der Waals surface area contributed by atoms with Crippen molar-refractivity contribution in [2.45, 2.75) is 6.17 Å². The molecule has 15 heavy (non-hydrogen) atoms. The van der Waals surface area contributed by atoms with Gasteiger partial charge in [-0.3, -0.25) is 4.90 Å². The average molecular weight is 207 g/mol. The van der Waals surface area contributed by atoms with Gasteiger partial charge in [0.05, 0.1) is 19.4 Å². The molecule has 0 spiro atoms. The highest BCUT2D eigenvalue weighted by Crippen LogP contribution is 2.17. The zero-order valence-electron chi connectivity index (χ0n) is 8.73. The lowest BCUT2D eigenvalue weighted by atomic mass is 10.1. The van der Waals surface area contributed by atoms with Crippen molar-refractivity contribution in [1.82, 2.24) is 4.90 Å². The number of ether oxygens (including phenoxy) is 1. The standard InChI is InChI=1S/C11H17N3O/c12-10-3-1-9(2-4-10)11(13)14-5-7-15-8-6-14/h1-4,11H,5-8,12-13H2. The summed E-state index contributed by atoms with van der Waals surface area (Å²) in [5.74, 6) is 0. The summed E-state index contributed by atoms with van der Waals surface area (Å²) >= 11 is 0. The molecule has 1 aromatic carbocycles. The zero-order valence-corrected chi connectivity index (χ0v) is 8.73. The minimum atomic E-state index is -0.0468. The summed E-state index contributed by atoms with van der Waals surface area (Å²) in [6.45, 7) is 3.32. The molecular weight excluding hydrogens is 190 g/mol. The van der Waals surface area contributed by atoms with E-state index in [0.717, 1.165) is 37.6 Å². The van der Waals surface area contributed by atoms with Crippen LogP contribution in [0.4, 0.5) is 5.69 Å². The molecule has 0 aromatic heterocycles. The molecular formula is C11H17N3O. The first kappa shape index (κ1) is 10.4. The summed E-state index contributed by atoms with van der Waals surface area (Å²) in [5, 5.41) is 0. The molecule has 4 N–H and O–H groups in total. The van der Waals surface area contributed by atoms with E-state index in [1.807, 2.05) is 24.3 Å². The molecule has 0 amide bonds. The summed E-state index contributed by atoms with van der Waals surface area (Å²) in [7, 11) is 0. The van der Waals surface area contributed by atoms with Gasteiger partial charge in [-0.05, 0) is 17.7 Å². The van der Waals surface area contributed by atoms with Crippen molar-refractivity contribution in [3.63, 3.8) is 0 Å². The Labute approximate surface area is 89.8 Å². The van der Waals surface area contributed by atoms with E-state index >= 15 is 0 Å². The SMILES string of the molecule is Nc1ccc(C(N)N2CCOCC2)cc1. The molecule has 4 nitrogen and oxygen atoms in total. The van der Waals surface area contributed by atoms with Gasteiger partial charge in [-0.15, -0.1) is 0 Å². The quantitative estimate of drug-likeness (QED) is 0.695. The monoisotopic (exact) mass is 207 g/mol. The fourth-order valence-electron chi connectivity index (χ4n) is 1.76. The highest BCUT2D eigenvalue weighted by Gasteiger charge is 2.18. The third-order valence-corrected chi connectivity index (χ3v) is 2.72. The molecule has 0 saturated carbocycles. The average Bonchev–Trinajstić information content (AvgIpc) is 2.30. The van der Waals surface area contributed by atoms with Crippen LogP contribution in [-0.4, -0.2) is 31.2 Å². The smallest absolute Gasteiger partial charge is 0.0837 e. The summed E-state index contributed by atoms with van der Waals surface area (Å²) in [6, 6.07) is 7.73. The summed E-state index contributed by atoms with van der Waals surface area (Å²) in [4.78, 5) is 2.22. The van der Waals surface area contributed by atoms with E-state index in [1.54, 1.807) is 0 Å². The van der Waals surface area contributed by atoms with Gasteiger partial charge in [0.25, 0.3) is 0 Å². The highest BCUT2D eigenvalue weighted by atomic mass is 16.5. The Kier molecular flexibility index (Phi) is 3.20. The van der Waals surface area contributed by atoms with Crippen LogP contribution in [0.15, 0.2) is 24.3 Å². The molecule has 0 bridgehead atoms. The van der Waals surface area contributed by atoms with Gasteiger partial charge in [0.1, 0.15) is 0 Å². The van der Waals surface area contributed by atoms with Crippen LogP contribution in [0.2, 0.25) is 0 Å². The minimum Gasteiger partial charge on any atom is -0.399 e. The molecule has 1 aliphatic heterocycles. The Morgan fingerprint density at radius 3 is 2.33 bits per heavy atom. The van der Waals surface area contributed by atoms with Crippen molar-refractivity contribution in [2.24, 2.45) is 5.73 Å². The van der Waals surface area contributed by atoms with Gasteiger partial charge in [-0.2, -0.15) is 0 Å². The minimum absolute atomic E-state index is 0.0468. The Balaban J connectivity index is 2.05. The largest absolute Gasteiger partial charge is 0.399 e. The molecule has 4 heteroatoms. The van der Waals surface area contributed by atoms with Crippen molar-refractivity contribution in [2.75, 3.05) is 32.0 Å². The molecule has 1 aliphatic rings. The van der Waals surface area contributed by atoms with Gasteiger partial charge in [0.2, 0.25) is 0 Å². The van der Waals surface area contributed by atoms with E-state index in [1.165, 1.54) is 0 Å². The fraction of sp³-hybridized carbons (Fsp3) is 0.455. The second-order valence-electron chi connectivity index (χ2n) is 3.76. The summed E-state index contributed by atoms with van der Waals surface area (Å²) < 4.78 is 5.29. The van der Waals surface area contributed by atoms with E-state index in [-0.39, 0.29) is 6.17 Å². The van der Waals surface area contributed by atoms with E-state index in [9.17, 15) is 0 Å². The van der Waals surface area contributed by atoms with E-state index in [4.69, 9.17) is 16.2 Å². The van der Waals surface area contributed by atoms with E-state index in [0.29, 0.717) is 0 Å². The molecule has 1 saturated heterocycles. The maximum atomic E-state index is 6.15. The number of nitrogens with two attached hydrogens (primary N) is 2. The normalized spacial score (nSPS) is 20.1. The van der Waals surface area contributed by atoms with Gasteiger partial charge in [-0.1, -0.05) is 12.1 Å². The maximum Gasteiger partial charge on any atom is 0.0837 e. The first-order chi connectivity index (χ1) is 7.27. The molecule has 82 valence electrons. The van der Waals surface area contributed by atoms with Crippen LogP contribution in [0, 0.1) is 0 Å². The third-order valence-electron chi connectivity index (χ3n) is 2.72. The molecule has 1 aromatic rings. The first-order valence-corrected chi connectivity index (χ1v) is 5.20. The number of anilines is 1. The number of hydrogen-bond donors (Lipinski definition) is 2. The second-order valence-corrected chi connectivity index (χ2v) is 3.76. The Bertz CT molecular complexity index is 306. The summed E-state index contributed by atoms with van der Waals surface area (Å²) in [5.41, 5.74) is 13.7. The van der Waals surface area contributed by atoms with Crippen LogP contribution in [0.25, 0.3) is 0 Å². The van der Waals surface area contributed by atoms with Crippen molar-refractivity contribution in [3.05, 3.63) is 29.8 Å². The Morgan fingerprint density at radius 1 is 1.13 bits per heavy atom. The molecule has 2 rings (SSSR count). The van der Waals surface area contributed by atoms with Crippen molar-refractivity contribution < 1.29 is 4.74 Å². The molecule has 1 unspecified atom stereocenters. The zero-order chi connectivity index (χ0) is 10.7. The lowest BCUT2D eigenvalue weighted by Crippen LogP contribution is -2.42. The number of morpholine rings is 1. The van der Waals surface area contributed by atoms with Gasteiger partial charge in [-0.25, -0.2) is 0 Å². The number of rotatable bonds is 2.